The first kappa shape index (κ1) is 14.5. The van der Waals surface area contributed by atoms with Gasteiger partial charge in [-0.2, -0.15) is 0 Å². The van der Waals surface area contributed by atoms with Gasteiger partial charge in [0.05, 0.1) is 6.04 Å². The number of amides is 1. The molecule has 0 aromatic heterocycles. The predicted octanol–water partition coefficient (Wildman–Crippen LogP) is 0.833. The zero-order chi connectivity index (χ0) is 12.7. The van der Waals surface area contributed by atoms with Gasteiger partial charge in [-0.1, -0.05) is 20.3 Å². The second-order valence-corrected chi connectivity index (χ2v) is 5.18. The van der Waals surface area contributed by atoms with E-state index in [1.807, 2.05) is 7.05 Å². The quantitative estimate of drug-likeness (QED) is 0.677. The molecule has 1 amide bonds. The Morgan fingerprint density at radius 3 is 2.35 bits per heavy atom. The molecule has 1 rings (SSSR count). The standard InChI is InChI=1S/C13H27N3O/c1-11(2)12(13(17)15-8-7-14-3)16-9-5-4-6-10-16/h11-12,14H,4-10H2,1-3H3,(H,15,17). The van der Waals surface area contributed by atoms with Gasteiger partial charge < -0.3 is 10.6 Å². The van der Waals surface area contributed by atoms with Gasteiger partial charge in [-0.05, 0) is 38.9 Å². The first-order chi connectivity index (χ1) is 8.16. The summed E-state index contributed by atoms with van der Waals surface area (Å²) < 4.78 is 0. The van der Waals surface area contributed by atoms with Gasteiger partial charge in [0, 0.05) is 13.1 Å². The van der Waals surface area contributed by atoms with Crippen molar-refractivity contribution < 1.29 is 4.79 Å². The summed E-state index contributed by atoms with van der Waals surface area (Å²) in [4.78, 5) is 14.5. The molecule has 0 bridgehead atoms. The summed E-state index contributed by atoms with van der Waals surface area (Å²) in [6, 6.07) is 0.0483. The molecule has 1 heterocycles. The first-order valence-electron chi connectivity index (χ1n) is 6.83. The molecule has 1 unspecified atom stereocenters. The van der Waals surface area contributed by atoms with Crippen LogP contribution in [-0.2, 0) is 4.79 Å². The summed E-state index contributed by atoms with van der Waals surface area (Å²) in [5, 5.41) is 6.06. The lowest BCUT2D eigenvalue weighted by molar-refractivity contribution is -0.128. The summed E-state index contributed by atoms with van der Waals surface area (Å²) in [5.74, 6) is 0.569. The zero-order valence-corrected chi connectivity index (χ0v) is 11.5. The largest absolute Gasteiger partial charge is 0.353 e. The van der Waals surface area contributed by atoms with Gasteiger partial charge in [0.15, 0.2) is 0 Å². The minimum atomic E-state index is 0.0483. The molecule has 1 atom stereocenters. The van der Waals surface area contributed by atoms with Crippen LogP contribution in [0.5, 0.6) is 0 Å². The van der Waals surface area contributed by atoms with Crippen molar-refractivity contribution >= 4 is 5.91 Å². The fraction of sp³-hybridized carbons (Fsp3) is 0.923. The number of nitrogens with one attached hydrogen (secondary N) is 2. The van der Waals surface area contributed by atoms with Crippen molar-refractivity contribution in [2.24, 2.45) is 5.92 Å². The molecule has 2 N–H and O–H groups in total. The molecule has 0 aromatic rings. The molecule has 4 heteroatoms. The van der Waals surface area contributed by atoms with Crippen LogP contribution in [0, 0.1) is 5.92 Å². The van der Waals surface area contributed by atoms with E-state index in [0.717, 1.165) is 19.6 Å². The molecule has 0 radical (unpaired) electrons. The summed E-state index contributed by atoms with van der Waals surface area (Å²) in [5.41, 5.74) is 0. The summed E-state index contributed by atoms with van der Waals surface area (Å²) >= 11 is 0. The van der Waals surface area contributed by atoms with Crippen molar-refractivity contribution in [3.63, 3.8) is 0 Å². The van der Waals surface area contributed by atoms with Crippen LogP contribution in [-0.4, -0.2) is 50.1 Å². The molecule has 1 saturated heterocycles. The summed E-state index contributed by atoms with van der Waals surface area (Å²) in [6.07, 6.45) is 3.77. The molecule has 0 aliphatic carbocycles. The third-order valence-electron chi connectivity index (χ3n) is 3.36. The van der Waals surface area contributed by atoms with Crippen LogP contribution in [0.25, 0.3) is 0 Å². The van der Waals surface area contributed by atoms with E-state index in [0.29, 0.717) is 12.5 Å². The number of hydrogen-bond acceptors (Lipinski definition) is 3. The van der Waals surface area contributed by atoms with Gasteiger partial charge in [0.2, 0.25) is 5.91 Å². The monoisotopic (exact) mass is 241 g/mol. The zero-order valence-electron chi connectivity index (χ0n) is 11.5. The molecule has 0 saturated carbocycles. The fourth-order valence-electron chi connectivity index (χ4n) is 2.50. The van der Waals surface area contributed by atoms with E-state index >= 15 is 0 Å². The third-order valence-corrected chi connectivity index (χ3v) is 3.36. The fourth-order valence-corrected chi connectivity index (χ4v) is 2.50. The Morgan fingerprint density at radius 1 is 1.18 bits per heavy atom. The Balaban J connectivity index is 2.48. The molecule has 1 aliphatic heterocycles. The van der Waals surface area contributed by atoms with Crippen molar-refractivity contribution in [1.29, 1.82) is 0 Å². The van der Waals surface area contributed by atoms with Crippen LogP contribution in [0.15, 0.2) is 0 Å². The molecular formula is C13H27N3O. The SMILES string of the molecule is CNCCNC(=O)C(C(C)C)N1CCCCC1. The average molecular weight is 241 g/mol. The number of carbonyl (C=O) groups is 1. The number of rotatable bonds is 6. The smallest absolute Gasteiger partial charge is 0.237 e. The van der Waals surface area contributed by atoms with Gasteiger partial charge in [0.1, 0.15) is 0 Å². The lowest BCUT2D eigenvalue weighted by atomic mass is 9.98. The Bertz CT molecular complexity index is 225. The summed E-state index contributed by atoms with van der Waals surface area (Å²) in [6.45, 7) is 7.96. The molecule has 1 fully saturated rings. The Hall–Kier alpha value is -0.610. The third kappa shape index (κ3) is 4.64. The van der Waals surface area contributed by atoms with Crippen molar-refractivity contribution in [2.75, 3.05) is 33.2 Å². The number of hydrogen-bond donors (Lipinski definition) is 2. The minimum Gasteiger partial charge on any atom is -0.353 e. The lowest BCUT2D eigenvalue weighted by Gasteiger charge is -2.35. The highest BCUT2D eigenvalue weighted by atomic mass is 16.2. The number of nitrogens with zero attached hydrogens (tertiary/aromatic N) is 1. The van der Waals surface area contributed by atoms with Gasteiger partial charge in [-0.25, -0.2) is 0 Å². The molecule has 17 heavy (non-hydrogen) atoms. The minimum absolute atomic E-state index is 0.0483. The van der Waals surface area contributed by atoms with E-state index < -0.39 is 0 Å². The van der Waals surface area contributed by atoms with Crippen LogP contribution >= 0.6 is 0 Å². The second-order valence-electron chi connectivity index (χ2n) is 5.18. The number of piperidine rings is 1. The number of likely N-dealkylation sites (N-methyl/N-ethyl adjacent to an activating group) is 1. The first-order valence-corrected chi connectivity index (χ1v) is 6.83. The van der Waals surface area contributed by atoms with Crippen molar-refractivity contribution in [3.8, 4) is 0 Å². The number of carbonyl (C=O) groups excluding carboxylic acids is 1. The topological polar surface area (TPSA) is 44.4 Å². The Kier molecular flexibility index (Phi) is 6.52. The highest BCUT2D eigenvalue weighted by Gasteiger charge is 2.29. The molecule has 0 spiro atoms. The van der Waals surface area contributed by atoms with Gasteiger partial charge >= 0.3 is 0 Å². The molecule has 4 nitrogen and oxygen atoms in total. The normalized spacial score (nSPS) is 19.3. The molecule has 100 valence electrons. The van der Waals surface area contributed by atoms with Gasteiger partial charge in [-0.15, -0.1) is 0 Å². The van der Waals surface area contributed by atoms with E-state index in [4.69, 9.17) is 0 Å². The highest BCUT2D eigenvalue weighted by Crippen LogP contribution is 2.17. The maximum absolute atomic E-state index is 12.2. The van der Waals surface area contributed by atoms with E-state index in [-0.39, 0.29) is 11.9 Å². The Labute approximate surface area is 105 Å². The maximum atomic E-state index is 12.2. The van der Waals surface area contributed by atoms with Crippen LogP contribution in [0.3, 0.4) is 0 Å². The van der Waals surface area contributed by atoms with E-state index in [1.165, 1.54) is 19.3 Å². The number of likely N-dealkylation sites (tertiary alicyclic amines) is 1. The summed E-state index contributed by atoms with van der Waals surface area (Å²) in [7, 11) is 1.90. The van der Waals surface area contributed by atoms with Crippen molar-refractivity contribution in [3.05, 3.63) is 0 Å². The lowest BCUT2D eigenvalue weighted by Crippen LogP contribution is -2.52. The van der Waals surface area contributed by atoms with Gasteiger partial charge in [-0.3, -0.25) is 9.69 Å². The van der Waals surface area contributed by atoms with Crippen LogP contribution < -0.4 is 10.6 Å². The van der Waals surface area contributed by atoms with Crippen LogP contribution in [0.2, 0.25) is 0 Å². The van der Waals surface area contributed by atoms with E-state index in [9.17, 15) is 4.79 Å². The predicted molar refractivity (Wildman–Crippen MR) is 71.0 cm³/mol. The molecule has 1 aliphatic rings. The van der Waals surface area contributed by atoms with E-state index in [1.54, 1.807) is 0 Å². The average Bonchev–Trinajstić information content (AvgIpc) is 2.30. The van der Waals surface area contributed by atoms with Crippen LogP contribution in [0.1, 0.15) is 33.1 Å². The molecule has 0 aromatic carbocycles. The van der Waals surface area contributed by atoms with Crippen molar-refractivity contribution in [1.82, 2.24) is 15.5 Å². The van der Waals surface area contributed by atoms with E-state index in [2.05, 4.69) is 29.4 Å². The highest BCUT2D eigenvalue weighted by molar-refractivity contribution is 5.82. The van der Waals surface area contributed by atoms with Crippen LogP contribution in [0.4, 0.5) is 0 Å². The van der Waals surface area contributed by atoms with Crippen molar-refractivity contribution in [2.45, 2.75) is 39.2 Å². The second kappa shape index (κ2) is 7.67. The maximum Gasteiger partial charge on any atom is 0.237 e. The molecular weight excluding hydrogens is 214 g/mol. The van der Waals surface area contributed by atoms with Gasteiger partial charge in [0.25, 0.3) is 0 Å². The Morgan fingerprint density at radius 2 is 1.82 bits per heavy atom.